The van der Waals surface area contributed by atoms with Crippen LogP contribution in [-0.2, 0) is 4.74 Å². The van der Waals surface area contributed by atoms with Crippen molar-refractivity contribution in [3.63, 3.8) is 0 Å². The molecule has 1 aromatic rings. The zero-order chi connectivity index (χ0) is 13.0. The second-order valence-corrected chi connectivity index (χ2v) is 3.44. The number of ether oxygens (including phenoxy) is 1. The fourth-order valence-electron chi connectivity index (χ4n) is 1.24. The van der Waals surface area contributed by atoms with E-state index < -0.39 is 17.0 Å². The second-order valence-electron chi connectivity index (χ2n) is 3.44. The summed E-state index contributed by atoms with van der Waals surface area (Å²) in [4.78, 5) is 21.6. The molecular formula is C11H10N2O4. The molecule has 0 fully saturated rings. The molecule has 0 saturated heterocycles. The normalized spacial score (nSPS) is 11.4. The molecule has 0 aromatic heterocycles. The molecule has 0 spiro atoms. The monoisotopic (exact) mass is 234 g/mol. The molecule has 1 rings (SSSR count). The van der Waals surface area contributed by atoms with Crippen LogP contribution in [-0.4, -0.2) is 17.0 Å². The largest absolute Gasteiger partial charge is 0.444 e. The van der Waals surface area contributed by atoms with Crippen molar-refractivity contribution in [1.82, 2.24) is 0 Å². The zero-order valence-corrected chi connectivity index (χ0v) is 9.34. The number of esters is 1. The molecule has 0 aliphatic rings. The third-order valence-electron chi connectivity index (χ3n) is 2.09. The van der Waals surface area contributed by atoms with Crippen molar-refractivity contribution in [2.75, 3.05) is 0 Å². The number of aryl methyl sites for hydroxylation is 1. The van der Waals surface area contributed by atoms with Crippen LogP contribution in [0, 0.1) is 28.4 Å². The number of benzene rings is 1. The Balaban J connectivity index is 2.95. The summed E-state index contributed by atoms with van der Waals surface area (Å²) >= 11 is 0. The van der Waals surface area contributed by atoms with E-state index >= 15 is 0 Å². The number of nitriles is 1. The van der Waals surface area contributed by atoms with Crippen molar-refractivity contribution < 1.29 is 14.5 Å². The molecule has 0 bridgehead atoms. The Morgan fingerprint density at radius 2 is 2.24 bits per heavy atom. The van der Waals surface area contributed by atoms with Gasteiger partial charge in [-0.25, -0.2) is 4.79 Å². The fraction of sp³-hybridized carbons (Fsp3) is 0.273. The number of carbonyl (C=O) groups is 1. The number of hydrogen-bond donors (Lipinski definition) is 0. The smallest absolute Gasteiger partial charge is 0.339 e. The van der Waals surface area contributed by atoms with Crippen LogP contribution < -0.4 is 0 Å². The minimum Gasteiger partial charge on any atom is -0.444 e. The van der Waals surface area contributed by atoms with Gasteiger partial charge in [-0.1, -0.05) is 0 Å². The fourth-order valence-corrected chi connectivity index (χ4v) is 1.24. The van der Waals surface area contributed by atoms with E-state index in [2.05, 4.69) is 0 Å². The maximum absolute atomic E-state index is 11.5. The molecule has 0 saturated carbocycles. The van der Waals surface area contributed by atoms with Crippen LogP contribution in [0.25, 0.3) is 0 Å². The quantitative estimate of drug-likeness (QED) is 0.452. The van der Waals surface area contributed by atoms with E-state index in [1.807, 2.05) is 0 Å². The van der Waals surface area contributed by atoms with Gasteiger partial charge in [0.2, 0.25) is 0 Å². The van der Waals surface area contributed by atoms with Crippen LogP contribution in [0.1, 0.15) is 22.8 Å². The molecule has 1 aromatic carbocycles. The van der Waals surface area contributed by atoms with E-state index in [9.17, 15) is 14.9 Å². The van der Waals surface area contributed by atoms with Crippen molar-refractivity contribution >= 4 is 11.7 Å². The van der Waals surface area contributed by atoms with Gasteiger partial charge < -0.3 is 4.74 Å². The zero-order valence-electron chi connectivity index (χ0n) is 9.34. The predicted molar refractivity (Wildman–Crippen MR) is 58.3 cm³/mol. The first-order valence-corrected chi connectivity index (χ1v) is 4.81. The summed E-state index contributed by atoms with van der Waals surface area (Å²) in [6.07, 6.45) is -0.849. The van der Waals surface area contributed by atoms with E-state index in [4.69, 9.17) is 10.00 Å². The molecule has 6 nitrogen and oxygen atoms in total. The third kappa shape index (κ3) is 3.01. The first-order valence-electron chi connectivity index (χ1n) is 4.81. The molecule has 17 heavy (non-hydrogen) atoms. The Kier molecular flexibility index (Phi) is 3.78. The highest BCUT2D eigenvalue weighted by molar-refractivity contribution is 5.90. The van der Waals surface area contributed by atoms with Gasteiger partial charge in [0, 0.05) is 11.6 Å². The number of hydrogen-bond acceptors (Lipinski definition) is 5. The summed E-state index contributed by atoms with van der Waals surface area (Å²) < 4.78 is 4.77. The second kappa shape index (κ2) is 5.07. The standard InChI is InChI=1S/C11H10N2O4/c1-7-5-9(3-4-10(7)13(15)16)11(14)17-8(2)6-12/h3-5,8H,1-2H3/t8-/m0/s1. The highest BCUT2D eigenvalue weighted by atomic mass is 16.6. The van der Waals surface area contributed by atoms with Crippen molar-refractivity contribution in [2.24, 2.45) is 0 Å². The Bertz CT molecular complexity index is 505. The van der Waals surface area contributed by atoms with Gasteiger partial charge in [0.15, 0.2) is 6.10 Å². The maximum Gasteiger partial charge on any atom is 0.339 e. The van der Waals surface area contributed by atoms with E-state index in [0.717, 1.165) is 0 Å². The SMILES string of the molecule is Cc1cc(C(=O)O[C@@H](C)C#N)ccc1[N+](=O)[O-]. The number of carbonyl (C=O) groups excluding carboxylic acids is 1. The summed E-state index contributed by atoms with van der Waals surface area (Å²) in [7, 11) is 0. The Labute approximate surface area is 97.6 Å². The Morgan fingerprint density at radius 3 is 2.71 bits per heavy atom. The topological polar surface area (TPSA) is 93.2 Å². The Morgan fingerprint density at radius 1 is 1.59 bits per heavy atom. The summed E-state index contributed by atoms with van der Waals surface area (Å²) in [6.45, 7) is 2.97. The number of nitro groups is 1. The molecular weight excluding hydrogens is 224 g/mol. The molecule has 0 radical (unpaired) electrons. The van der Waals surface area contributed by atoms with Crippen LogP contribution in [0.2, 0.25) is 0 Å². The van der Waals surface area contributed by atoms with Gasteiger partial charge >= 0.3 is 5.97 Å². The van der Waals surface area contributed by atoms with Crippen molar-refractivity contribution in [2.45, 2.75) is 20.0 Å². The van der Waals surface area contributed by atoms with Crippen LogP contribution in [0.15, 0.2) is 18.2 Å². The minimum atomic E-state index is -0.849. The lowest BCUT2D eigenvalue weighted by molar-refractivity contribution is -0.385. The van der Waals surface area contributed by atoms with E-state index in [1.54, 1.807) is 6.07 Å². The van der Waals surface area contributed by atoms with Crippen molar-refractivity contribution in [3.05, 3.63) is 39.4 Å². The van der Waals surface area contributed by atoms with Crippen molar-refractivity contribution in [3.8, 4) is 6.07 Å². The average Bonchev–Trinajstić information content (AvgIpc) is 2.28. The van der Waals surface area contributed by atoms with Crippen LogP contribution in [0.4, 0.5) is 5.69 Å². The summed E-state index contributed by atoms with van der Waals surface area (Å²) in [5.41, 5.74) is 0.499. The highest BCUT2D eigenvalue weighted by Gasteiger charge is 2.16. The molecule has 0 N–H and O–H groups in total. The summed E-state index contributed by atoms with van der Waals surface area (Å²) in [5, 5.41) is 19.1. The molecule has 0 aliphatic carbocycles. The van der Waals surface area contributed by atoms with Gasteiger partial charge in [0.05, 0.1) is 10.5 Å². The minimum absolute atomic E-state index is 0.0603. The van der Waals surface area contributed by atoms with Crippen LogP contribution >= 0.6 is 0 Å². The van der Waals surface area contributed by atoms with Crippen LogP contribution in [0.3, 0.4) is 0 Å². The van der Waals surface area contributed by atoms with Gasteiger partial charge in [0.1, 0.15) is 6.07 Å². The number of nitrogens with zero attached hydrogens (tertiary/aromatic N) is 2. The van der Waals surface area contributed by atoms with Crippen LogP contribution in [0.5, 0.6) is 0 Å². The van der Waals surface area contributed by atoms with Gasteiger partial charge in [-0.15, -0.1) is 0 Å². The van der Waals surface area contributed by atoms with E-state index in [1.165, 1.54) is 32.0 Å². The van der Waals surface area contributed by atoms with Gasteiger partial charge in [0.25, 0.3) is 5.69 Å². The molecule has 0 aliphatic heterocycles. The Hall–Kier alpha value is -2.42. The summed E-state index contributed by atoms with van der Waals surface area (Å²) in [6, 6.07) is 5.67. The average molecular weight is 234 g/mol. The van der Waals surface area contributed by atoms with Gasteiger partial charge in [-0.3, -0.25) is 10.1 Å². The highest BCUT2D eigenvalue weighted by Crippen LogP contribution is 2.19. The lowest BCUT2D eigenvalue weighted by atomic mass is 10.1. The number of rotatable bonds is 3. The lowest BCUT2D eigenvalue weighted by Crippen LogP contribution is -2.13. The molecule has 0 amide bonds. The molecule has 0 unspecified atom stereocenters. The maximum atomic E-state index is 11.5. The predicted octanol–water partition coefficient (Wildman–Crippen LogP) is 1.97. The van der Waals surface area contributed by atoms with Gasteiger partial charge in [-0.05, 0) is 26.0 Å². The first-order chi connectivity index (χ1) is 7.95. The molecule has 1 atom stereocenters. The molecule has 88 valence electrons. The number of nitro benzene ring substituents is 1. The van der Waals surface area contributed by atoms with E-state index in [0.29, 0.717) is 5.56 Å². The van der Waals surface area contributed by atoms with Crippen molar-refractivity contribution in [1.29, 1.82) is 5.26 Å². The first kappa shape index (κ1) is 12.6. The van der Waals surface area contributed by atoms with Gasteiger partial charge in [-0.2, -0.15) is 5.26 Å². The van der Waals surface area contributed by atoms with E-state index in [-0.39, 0.29) is 11.3 Å². The molecule has 0 heterocycles. The summed E-state index contributed by atoms with van der Waals surface area (Å²) in [5.74, 6) is -0.669. The third-order valence-corrected chi connectivity index (χ3v) is 2.09. The lowest BCUT2D eigenvalue weighted by Gasteiger charge is -2.06. The molecule has 6 heteroatoms.